The molecule has 0 aliphatic heterocycles. The maximum Gasteiger partial charge on any atom is 0.244 e. The number of rotatable bonds is 35. The van der Waals surface area contributed by atoms with Crippen LogP contribution in [-0.4, -0.2) is 22.3 Å². The molecule has 0 spiro atoms. The van der Waals surface area contributed by atoms with Crippen molar-refractivity contribution in [1.82, 2.24) is 9.13 Å². The van der Waals surface area contributed by atoms with Crippen LogP contribution >= 0.6 is 0 Å². The summed E-state index contributed by atoms with van der Waals surface area (Å²) < 4.78 is 21.3. The van der Waals surface area contributed by atoms with Crippen molar-refractivity contribution in [2.75, 3.05) is 13.2 Å². The quantitative estimate of drug-likeness (QED) is 0.0345. The van der Waals surface area contributed by atoms with Crippen LogP contribution < -0.4 is 18.6 Å². The highest BCUT2D eigenvalue weighted by Crippen LogP contribution is 2.16. The van der Waals surface area contributed by atoms with Crippen molar-refractivity contribution in [3.63, 3.8) is 0 Å². The molecule has 6 nitrogen and oxygen atoms in total. The van der Waals surface area contributed by atoms with Gasteiger partial charge < -0.3 is 9.47 Å². The van der Waals surface area contributed by atoms with E-state index in [1.165, 1.54) is 152 Å². The smallest absolute Gasteiger partial charge is 0.244 e. The first-order valence-electron chi connectivity index (χ1n) is 23.2. The fourth-order valence-electron chi connectivity index (χ4n) is 7.63. The third-order valence-electron chi connectivity index (χ3n) is 11.2. The van der Waals surface area contributed by atoms with E-state index in [4.69, 9.17) is 9.47 Å². The molecule has 0 N–H and O–H groups in total. The van der Waals surface area contributed by atoms with Gasteiger partial charge in [0, 0.05) is 0 Å². The number of ether oxygens (including phenoxy) is 2. The molecule has 0 aliphatic rings. The Morgan fingerprint density at radius 1 is 0.393 bits per heavy atom. The van der Waals surface area contributed by atoms with Gasteiger partial charge in [-0.15, -0.1) is 0 Å². The molecule has 0 aliphatic carbocycles. The highest BCUT2D eigenvalue weighted by atomic mass is 16.5. The molecule has 0 radical (unpaired) electrons. The van der Waals surface area contributed by atoms with E-state index < -0.39 is 0 Å². The lowest BCUT2D eigenvalue weighted by atomic mass is 10.1. The third kappa shape index (κ3) is 20.6. The highest BCUT2D eigenvalue weighted by Gasteiger charge is 2.08. The zero-order chi connectivity index (χ0) is 39.1. The number of hydrogen-bond acceptors (Lipinski definition) is 2. The van der Waals surface area contributed by atoms with Gasteiger partial charge in [-0.2, -0.15) is 0 Å². The van der Waals surface area contributed by atoms with Crippen molar-refractivity contribution in [2.24, 2.45) is 0 Å². The van der Waals surface area contributed by atoms with Crippen molar-refractivity contribution in [2.45, 2.75) is 194 Å². The molecule has 0 saturated heterocycles. The van der Waals surface area contributed by atoms with Crippen LogP contribution in [0, 0.1) is 0 Å². The molecule has 6 heteroatoms. The summed E-state index contributed by atoms with van der Waals surface area (Å²) in [5, 5.41) is 0. The second kappa shape index (κ2) is 29.7. The Hall–Kier alpha value is -3.54. The summed E-state index contributed by atoms with van der Waals surface area (Å²) in [6, 6.07) is 17.3. The van der Waals surface area contributed by atoms with Gasteiger partial charge in [0.05, 0.1) is 26.3 Å². The second-order valence-corrected chi connectivity index (χ2v) is 16.4. The molecule has 2 heterocycles. The van der Waals surface area contributed by atoms with Gasteiger partial charge in [-0.05, 0) is 73.9 Å². The van der Waals surface area contributed by atoms with E-state index in [0.717, 1.165) is 63.7 Å². The lowest BCUT2D eigenvalue weighted by Crippen LogP contribution is -2.31. The van der Waals surface area contributed by atoms with Crippen LogP contribution in [-0.2, 0) is 26.2 Å². The first kappa shape index (κ1) is 45.2. The molecule has 4 aromatic rings. The van der Waals surface area contributed by atoms with E-state index in [1.54, 1.807) is 0 Å². The number of unbranched alkanes of at least 4 members (excludes halogenated alkanes) is 21. The topological polar surface area (TPSA) is 36.1 Å². The van der Waals surface area contributed by atoms with Crippen LogP contribution in [0.3, 0.4) is 0 Å². The molecule has 2 aromatic carbocycles. The maximum atomic E-state index is 6.02. The predicted molar refractivity (Wildman–Crippen MR) is 233 cm³/mol. The molecule has 0 saturated carbocycles. The van der Waals surface area contributed by atoms with Crippen LogP contribution in [0.4, 0.5) is 0 Å². The van der Waals surface area contributed by atoms with Gasteiger partial charge in [0.2, 0.25) is 12.7 Å². The summed E-state index contributed by atoms with van der Waals surface area (Å²) in [6.45, 7) is 10.2. The van der Waals surface area contributed by atoms with E-state index in [2.05, 4.69) is 118 Å². The number of aryl methyl sites for hydroxylation is 2. The second-order valence-electron chi connectivity index (χ2n) is 16.4. The van der Waals surface area contributed by atoms with Crippen LogP contribution in [0.25, 0.3) is 0 Å². The monoisotopic (exact) mass is 769 g/mol. The van der Waals surface area contributed by atoms with Gasteiger partial charge in [-0.1, -0.05) is 154 Å². The molecule has 0 unspecified atom stereocenters. The number of aromatic nitrogens is 4. The Balaban J connectivity index is 0.978. The number of benzene rings is 2. The molecular weight excluding hydrogens is 689 g/mol. The van der Waals surface area contributed by atoms with Crippen molar-refractivity contribution in [3.8, 4) is 11.5 Å². The SMILES string of the molecule is CCCCCCCCCCCCOc1ccc(C[n+]2ccn(CCCCCCn3cc[n+](Cc4ccc(OCCCCCCCCCCCC)cc4)c3)c2)cc1. The van der Waals surface area contributed by atoms with Crippen LogP contribution in [0.15, 0.2) is 86.0 Å². The molecule has 0 bridgehead atoms. The maximum absolute atomic E-state index is 6.02. The Labute approximate surface area is 342 Å². The lowest BCUT2D eigenvalue weighted by Gasteiger charge is -2.07. The minimum atomic E-state index is 0.825. The fourth-order valence-corrected chi connectivity index (χ4v) is 7.63. The average Bonchev–Trinajstić information content (AvgIpc) is 3.87. The number of imidazole rings is 2. The number of hydrogen-bond donors (Lipinski definition) is 0. The minimum Gasteiger partial charge on any atom is -0.494 e. The van der Waals surface area contributed by atoms with Crippen LogP contribution in [0.5, 0.6) is 11.5 Å². The van der Waals surface area contributed by atoms with Gasteiger partial charge in [0.1, 0.15) is 49.4 Å². The first-order chi connectivity index (χ1) is 27.7. The van der Waals surface area contributed by atoms with E-state index in [-0.39, 0.29) is 0 Å². The Morgan fingerprint density at radius 3 is 1.07 bits per heavy atom. The lowest BCUT2D eigenvalue weighted by molar-refractivity contribution is -0.688. The highest BCUT2D eigenvalue weighted by molar-refractivity contribution is 5.27. The molecule has 0 amide bonds. The van der Waals surface area contributed by atoms with E-state index in [1.807, 2.05) is 0 Å². The molecule has 4 rings (SSSR count). The molecule has 0 fully saturated rings. The van der Waals surface area contributed by atoms with Crippen molar-refractivity contribution in [3.05, 3.63) is 97.1 Å². The summed E-state index contributed by atoms with van der Waals surface area (Å²) in [7, 11) is 0. The molecule has 310 valence electrons. The van der Waals surface area contributed by atoms with Crippen molar-refractivity contribution < 1.29 is 18.6 Å². The zero-order valence-corrected chi connectivity index (χ0v) is 35.9. The van der Waals surface area contributed by atoms with Crippen LogP contribution in [0.2, 0.25) is 0 Å². The average molecular weight is 769 g/mol. The standard InChI is InChI=1S/C50H80N4O2/c1-3-5-7-9-11-13-15-17-21-25-41-55-49-31-27-47(28-32-49)43-53-39-37-51(45-53)35-23-19-20-24-36-52-38-40-54(46-52)44-48-29-33-50(34-30-48)56-42-26-22-18-16-14-12-10-8-6-4-2/h27-34,37-40,45-46H,3-26,35-36,41-44H2,1-2H3/q+2. The van der Waals surface area contributed by atoms with Gasteiger partial charge in [-0.3, -0.25) is 0 Å². The fraction of sp³-hybridized carbons (Fsp3) is 0.640. The Kier molecular flexibility index (Phi) is 23.9. The summed E-state index contributed by atoms with van der Waals surface area (Å²) >= 11 is 0. The molecule has 56 heavy (non-hydrogen) atoms. The van der Waals surface area contributed by atoms with Crippen LogP contribution in [0.1, 0.15) is 179 Å². The normalized spacial score (nSPS) is 11.4. The van der Waals surface area contributed by atoms with Gasteiger partial charge in [-0.25, -0.2) is 18.3 Å². The molecule has 2 aromatic heterocycles. The van der Waals surface area contributed by atoms with E-state index in [9.17, 15) is 0 Å². The minimum absolute atomic E-state index is 0.825. The van der Waals surface area contributed by atoms with Gasteiger partial charge >= 0.3 is 0 Å². The number of nitrogens with zero attached hydrogens (tertiary/aromatic N) is 4. The zero-order valence-electron chi connectivity index (χ0n) is 35.9. The summed E-state index contributed by atoms with van der Waals surface area (Å²) in [5.74, 6) is 1.98. The third-order valence-corrected chi connectivity index (χ3v) is 11.2. The van der Waals surface area contributed by atoms with Crippen molar-refractivity contribution >= 4 is 0 Å². The predicted octanol–water partition coefficient (Wildman–Crippen LogP) is 12.8. The summed E-state index contributed by atoms with van der Waals surface area (Å²) in [5.41, 5.74) is 2.62. The Bertz CT molecular complexity index is 1380. The van der Waals surface area contributed by atoms with E-state index in [0.29, 0.717) is 0 Å². The summed E-state index contributed by atoms with van der Waals surface area (Å²) in [4.78, 5) is 0. The van der Waals surface area contributed by atoms with Gasteiger partial charge in [0.25, 0.3) is 0 Å². The molecule has 0 atom stereocenters. The molecular formula is C50H80N4O2+2. The Morgan fingerprint density at radius 2 is 0.714 bits per heavy atom. The largest absolute Gasteiger partial charge is 0.494 e. The van der Waals surface area contributed by atoms with Gasteiger partial charge in [0.15, 0.2) is 0 Å². The van der Waals surface area contributed by atoms with E-state index >= 15 is 0 Å². The summed E-state index contributed by atoms with van der Waals surface area (Å²) in [6.07, 6.45) is 45.3. The first-order valence-corrected chi connectivity index (χ1v) is 23.2. The van der Waals surface area contributed by atoms with Crippen molar-refractivity contribution in [1.29, 1.82) is 0 Å².